The minimum absolute atomic E-state index is 0.0694. The first-order valence-electron chi connectivity index (χ1n) is 2.74. The molecule has 0 aliphatic rings. The predicted octanol–water partition coefficient (Wildman–Crippen LogP) is -0.405. The first-order chi connectivity index (χ1) is 4.56. The van der Waals surface area contributed by atoms with E-state index in [1.807, 2.05) is 20.8 Å². The molecule has 5 N–H and O–H groups in total. The summed E-state index contributed by atoms with van der Waals surface area (Å²) in [6.07, 6.45) is 0. The minimum Gasteiger partial charge on any atom is -0.271 e. The van der Waals surface area contributed by atoms with Gasteiger partial charge in [-0.2, -0.15) is 8.42 Å². The Balaban J connectivity index is 0. The van der Waals surface area contributed by atoms with Gasteiger partial charge in [-0.15, -0.1) is 0 Å². The van der Waals surface area contributed by atoms with Gasteiger partial charge in [-0.3, -0.25) is 20.4 Å². The molecule has 0 bridgehead atoms. The SMILES string of the molecule is CC(C)(C)NN.O=S(=O)(O)O. The van der Waals surface area contributed by atoms with Crippen molar-refractivity contribution in [1.29, 1.82) is 0 Å². The van der Waals surface area contributed by atoms with Crippen molar-refractivity contribution in [2.24, 2.45) is 5.84 Å². The molecule has 7 heteroatoms. The Morgan fingerprint density at radius 2 is 1.36 bits per heavy atom. The molecular formula is C4H14N2O4S. The summed E-state index contributed by atoms with van der Waals surface area (Å²) in [7, 11) is -4.67. The standard InChI is InChI=1S/C4H12N2.H2O4S/c1-4(2,3)6-5;1-5(2,3)4/h6H,5H2,1-3H3;(H2,1,2,3,4). The van der Waals surface area contributed by atoms with Crippen LogP contribution in [0.1, 0.15) is 20.8 Å². The van der Waals surface area contributed by atoms with Crippen LogP contribution in [0.15, 0.2) is 0 Å². The lowest BCUT2D eigenvalue weighted by Gasteiger charge is -2.14. The molecule has 6 nitrogen and oxygen atoms in total. The first kappa shape index (κ1) is 13.4. The average Bonchev–Trinajstić information content (AvgIpc) is 1.59. The summed E-state index contributed by atoms with van der Waals surface area (Å²) in [5.74, 6) is 5.06. The number of hydrogen-bond donors (Lipinski definition) is 4. The summed E-state index contributed by atoms with van der Waals surface area (Å²) < 4.78 is 31.6. The van der Waals surface area contributed by atoms with Gasteiger partial charge in [0.25, 0.3) is 0 Å². The van der Waals surface area contributed by atoms with Gasteiger partial charge < -0.3 is 0 Å². The molecule has 0 unspecified atom stereocenters. The van der Waals surface area contributed by atoms with Crippen molar-refractivity contribution in [2.45, 2.75) is 26.3 Å². The van der Waals surface area contributed by atoms with Crippen LogP contribution in [0.25, 0.3) is 0 Å². The van der Waals surface area contributed by atoms with E-state index >= 15 is 0 Å². The highest BCUT2D eigenvalue weighted by Crippen LogP contribution is 1.92. The summed E-state index contributed by atoms with van der Waals surface area (Å²) in [4.78, 5) is 0. The van der Waals surface area contributed by atoms with Gasteiger partial charge in [-0.25, -0.2) is 0 Å². The molecule has 11 heavy (non-hydrogen) atoms. The van der Waals surface area contributed by atoms with E-state index in [2.05, 4.69) is 5.43 Å². The zero-order valence-electron chi connectivity index (χ0n) is 6.70. The zero-order valence-corrected chi connectivity index (χ0v) is 7.51. The molecule has 0 aliphatic heterocycles. The van der Waals surface area contributed by atoms with Crippen LogP contribution in [-0.4, -0.2) is 23.1 Å². The molecular weight excluding hydrogens is 172 g/mol. The Morgan fingerprint density at radius 1 is 1.27 bits per heavy atom. The van der Waals surface area contributed by atoms with Crippen molar-refractivity contribution >= 4 is 10.4 Å². The average molecular weight is 186 g/mol. The molecule has 0 rings (SSSR count). The molecule has 0 heterocycles. The fraction of sp³-hybridized carbons (Fsp3) is 1.00. The number of rotatable bonds is 0. The zero-order chi connectivity index (χ0) is 9.71. The molecule has 0 fully saturated rings. The lowest BCUT2D eigenvalue weighted by molar-refractivity contribution is 0.381. The summed E-state index contributed by atoms with van der Waals surface area (Å²) >= 11 is 0. The molecule has 0 amide bonds. The molecule has 0 aliphatic carbocycles. The number of hydrazine groups is 1. The second kappa shape index (κ2) is 4.62. The number of hydrogen-bond acceptors (Lipinski definition) is 4. The van der Waals surface area contributed by atoms with E-state index in [1.54, 1.807) is 0 Å². The number of nitrogens with two attached hydrogens (primary N) is 1. The maximum atomic E-state index is 8.74. The highest BCUT2D eigenvalue weighted by molar-refractivity contribution is 7.79. The first-order valence-corrected chi connectivity index (χ1v) is 4.13. The van der Waals surface area contributed by atoms with Gasteiger partial charge in [0.05, 0.1) is 0 Å². The largest absolute Gasteiger partial charge is 0.394 e. The van der Waals surface area contributed by atoms with Crippen LogP contribution >= 0.6 is 0 Å². The molecule has 0 radical (unpaired) electrons. The van der Waals surface area contributed by atoms with Gasteiger partial charge >= 0.3 is 10.4 Å². The maximum absolute atomic E-state index is 8.74. The van der Waals surface area contributed by atoms with Crippen molar-refractivity contribution in [3.8, 4) is 0 Å². The topological polar surface area (TPSA) is 113 Å². The molecule has 0 aromatic carbocycles. The van der Waals surface area contributed by atoms with Crippen molar-refractivity contribution in [2.75, 3.05) is 0 Å². The van der Waals surface area contributed by atoms with Gasteiger partial charge in [0.1, 0.15) is 0 Å². The smallest absolute Gasteiger partial charge is 0.271 e. The van der Waals surface area contributed by atoms with Gasteiger partial charge in [0, 0.05) is 5.54 Å². The Hall–Kier alpha value is -0.210. The second-order valence-electron chi connectivity index (χ2n) is 2.84. The Labute approximate surface area is 66.3 Å². The third-order valence-electron chi connectivity index (χ3n) is 0.433. The summed E-state index contributed by atoms with van der Waals surface area (Å²) in [6, 6.07) is 0. The van der Waals surface area contributed by atoms with Gasteiger partial charge in [0.15, 0.2) is 0 Å². The third kappa shape index (κ3) is 76.3. The Kier molecular flexibility index (Phi) is 5.63. The van der Waals surface area contributed by atoms with Gasteiger partial charge in [0.2, 0.25) is 0 Å². The van der Waals surface area contributed by atoms with Crippen LogP contribution in [0.3, 0.4) is 0 Å². The summed E-state index contributed by atoms with van der Waals surface area (Å²) in [5.41, 5.74) is 2.67. The van der Waals surface area contributed by atoms with Crippen LogP contribution in [0, 0.1) is 0 Å². The normalized spacial score (nSPS) is 11.8. The van der Waals surface area contributed by atoms with Gasteiger partial charge in [-0.05, 0) is 20.8 Å². The highest BCUT2D eigenvalue weighted by atomic mass is 32.3. The molecule has 70 valence electrons. The van der Waals surface area contributed by atoms with Crippen molar-refractivity contribution in [3.63, 3.8) is 0 Å². The third-order valence-corrected chi connectivity index (χ3v) is 0.433. The summed E-state index contributed by atoms with van der Waals surface area (Å²) in [5, 5.41) is 0. The van der Waals surface area contributed by atoms with E-state index in [4.69, 9.17) is 23.4 Å². The quantitative estimate of drug-likeness (QED) is 0.232. The van der Waals surface area contributed by atoms with Crippen LogP contribution < -0.4 is 11.3 Å². The molecule has 0 saturated carbocycles. The Morgan fingerprint density at radius 3 is 1.36 bits per heavy atom. The summed E-state index contributed by atoms with van der Waals surface area (Å²) in [6.45, 7) is 6.02. The van der Waals surface area contributed by atoms with E-state index in [0.717, 1.165) is 0 Å². The highest BCUT2D eigenvalue weighted by Gasteiger charge is 2.02. The predicted molar refractivity (Wildman–Crippen MR) is 41.3 cm³/mol. The van der Waals surface area contributed by atoms with E-state index in [-0.39, 0.29) is 5.54 Å². The van der Waals surface area contributed by atoms with Crippen LogP contribution in [0.5, 0.6) is 0 Å². The molecule has 0 atom stereocenters. The van der Waals surface area contributed by atoms with Crippen molar-refractivity contribution < 1.29 is 17.5 Å². The van der Waals surface area contributed by atoms with Crippen LogP contribution in [0.2, 0.25) is 0 Å². The van der Waals surface area contributed by atoms with Crippen molar-refractivity contribution in [3.05, 3.63) is 0 Å². The number of nitrogens with one attached hydrogen (secondary N) is 1. The molecule has 0 saturated heterocycles. The Bertz CT molecular complexity index is 173. The van der Waals surface area contributed by atoms with E-state index in [0.29, 0.717) is 0 Å². The monoisotopic (exact) mass is 186 g/mol. The maximum Gasteiger partial charge on any atom is 0.394 e. The van der Waals surface area contributed by atoms with Crippen LogP contribution in [0.4, 0.5) is 0 Å². The van der Waals surface area contributed by atoms with E-state index in [9.17, 15) is 0 Å². The van der Waals surface area contributed by atoms with Crippen LogP contribution in [-0.2, 0) is 10.4 Å². The second-order valence-corrected chi connectivity index (χ2v) is 3.74. The molecule has 0 aromatic rings. The molecule has 0 spiro atoms. The minimum atomic E-state index is -4.67. The lowest BCUT2D eigenvalue weighted by atomic mass is 10.1. The van der Waals surface area contributed by atoms with E-state index in [1.165, 1.54) is 0 Å². The molecule has 0 aromatic heterocycles. The van der Waals surface area contributed by atoms with Crippen molar-refractivity contribution in [1.82, 2.24) is 5.43 Å². The lowest BCUT2D eigenvalue weighted by Crippen LogP contribution is -2.41. The van der Waals surface area contributed by atoms with E-state index < -0.39 is 10.4 Å². The fourth-order valence-corrected chi connectivity index (χ4v) is 0. The van der Waals surface area contributed by atoms with Gasteiger partial charge in [-0.1, -0.05) is 0 Å². The fourth-order valence-electron chi connectivity index (χ4n) is 0.